The molecule has 1 heterocycles. The molecule has 0 bridgehead atoms. The van der Waals surface area contributed by atoms with Crippen molar-refractivity contribution in [2.45, 2.75) is 13.5 Å². The van der Waals surface area contributed by atoms with Crippen LogP contribution in [0.1, 0.15) is 6.92 Å². The smallest absolute Gasteiger partial charge is 0.244 e. The molecular weight excluding hydrogens is 166 g/mol. The molecule has 0 aliphatic rings. The first-order chi connectivity index (χ1) is 6.24. The Balaban J connectivity index is 0.000000424. The zero-order valence-electron chi connectivity index (χ0n) is 7.68. The van der Waals surface area contributed by atoms with Gasteiger partial charge in [-0.1, -0.05) is 5.92 Å². The van der Waals surface area contributed by atoms with Gasteiger partial charge in [0.2, 0.25) is 6.33 Å². The average Bonchev–Trinajstić information content (AvgIpc) is 2.49. The van der Waals surface area contributed by atoms with Crippen LogP contribution in [0.3, 0.4) is 0 Å². The molecule has 1 aromatic rings. The number of aromatic nitrogens is 2. The Hall–Kier alpha value is -1.92. The van der Waals surface area contributed by atoms with Crippen LogP contribution in [0.2, 0.25) is 0 Å². The van der Waals surface area contributed by atoms with Crippen LogP contribution in [0.4, 0.5) is 0 Å². The Morgan fingerprint density at radius 1 is 1.54 bits per heavy atom. The van der Waals surface area contributed by atoms with Gasteiger partial charge in [-0.25, -0.2) is 9.13 Å². The SMILES string of the molecule is CC#CCn1cc[n+](C)c1.[N-]=[N+]=[N-]. The molecule has 0 fully saturated rings. The van der Waals surface area contributed by atoms with E-state index in [2.05, 4.69) is 11.8 Å². The predicted octanol–water partition coefficient (Wildman–Crippen LogP) is 1.20. The number of hydrogen-bond donors (Lipinski definition) is 0. The number of nitrogens with zero attached hydrogens (tertiary/aromatic N) is 5. The summed E-state index contributed by atoms with van der Waals surface area (Å²) in [6, 6.07) is 0. The molecule has 5 nitrogen and oxygen atoms in total. The van der Waals surface area contributed by atoms with E-state index >= 15 is 0 Å². The third-order valence-electron chi connectivity index (χ3n) is 1.26. The topological polar surface area (TPSA) is 67.5 Å². The van der Waals surface area contributed by atoms with Gasteiger partial charge in [0.25, 0.3) is 0 Å². The van der Waals surface area contributed by atoms with E-state index in [1.54, 1.807) is 0 Å². The summed E-state index contributed by atoms with van der Waals surface area (Å²) < 4.78 is 4.04. The number of hydrogen-bond acceptors (Lipinski definition) is 0. The summed E-state index contributed by atoms with van der Waals surface area (Å²) in [6.45, 7) is 2.64. The van der Waals surface area contributed by atoms with Gasteiger partial charge in [-0.3, -0.25) is 4.91 Å². The summed E-state index contributed by atoms with van der Waals surface area (Å²) in [6.07, 6.45) is 6.01. The van der Waals surface area contributed by atoms with Crippen LogP contribution in [-0.4, -0.2) is 4.57 Å². The second kappa shape index (κ2) is 6.77. The van der Waals surface area contributed by atoms with E-state index in [1.807, 2.05) is 41.8 Å². The summed E-state index contributed by atoms with van der Waals surface area (Å²) in [5.41, 5.74) is 13.5. The van der Waals surface area contributed by atoms with Crippen molar-refractivity contribution in [3.8, 4) is 11.8 Å². The molecule has 0 saturated carbocycles. The second-order valence-electron chi connectivity index (χ2n) is 2.27. The van der Waals surface area contributed by atoms with E-state index in [0.717, 1.165) is 6.54 Å². The minimum Gasteiger partial charge on any atom is -0.373 e. The predicted molar refractivity (Wildman–Crippen MR) is 49.1 cm³/mol. The highest BCUT2D eigenvalue weighted by Crippen LogP contribution is 1.80. The highest BCUT2D eigenvalue weighted by atomic mass is 15.1. The lowest BCUT2D eigenvalue weighted by atomic mass is 10.6. The van der Waals surface area contributed by atoms with Gasteiger partial charge >= 0.3 is 0 Å². The standard InChI is InChI=1S/C8H11N2.N3/c1-3-4-5-10-7-6-9(2)8-10;1-3-2/h6-8H,5H2,1-2H3;/q+1;-1. The van der Waals surface area contributed by atoms with Gasteiger partial charge in [0, 0.05) is 0 Å². The Kier molecular flexibility index (Phi) is 5.77. The molecule has 0 unspecified atom stereocenters. The summed E-state index contributed by atoms with van der Waals surface area (Å²) >= 11 is 0. The first-order valence-electron chi connectivity index (χ1n) is 3.63. The molecule has 0 amide bonds. The molecule has 0 aliphatic heterocycles. The molecule has 0 N–H and O–H groups in total. The lowest BCUT2D eigenvalue weighted by molar-refractivity contribution is -0.671. The van der Waals surface area contributed by atoms with Crippen molar-refractivity contribution in [1.29, 1.82) is 0 Å². The fourth-order valence-electron chi connectivity index (χ4n) is 0.766. The van der Waals surface area contributed by atoms with Crippen molar-refractivity contribution < 1.29 is 4.57 Å². The maximum atomic E-state index is 6.75. The fourth-order valence-corrected chi connectivity index (χ4v) is 0.766. The molecule has 13 heavy (non-hydrogen) atoms. The van der Waals surface area contributed by atoms with E-state index in [9.17, 15) is 0 Å². The van der Waals surface area contributed by atoms with E-state index < -0.39 is 0 Å². The van der Waals surface area contributed by atoms with Crippen molar-refractivity contribution in [3.63, 3.8) is 0 Å². The van der Waals surface area contributed by atoms with Gasteiger partial charge in [-0.15, -0.1) is 5.92 Å². The van der Waals surface area contributed by atoms with Crippen molar-refractivity contribution >= 4 is 0 Å². The third-order valence-corrected chi connectivity index (χ3v) is 1.26. The molecule has 1 rings (SSSR count). The molecule has 0 saturated heterocycles. The van der Waals surface area contributed by atoms with Crippen LogP contribution in [0, 0.1) is 11.8 Å². The number of imidazole rings is 1. The van der Waals surface area contributed by atoms with Crippen molar-refractivity contribution in [3.05, 3.63) is 34.7 Å². The monoisotopic (exact) mass is 177 g/mol. The number of rotatable bonds is 1. The van der Waals surface area contributed by atoms with Crippen LogP contribution < -0.4 is 4.57 Å². The van der Waals surface area contributed by atoms with Gasteiger partial charge < -0.3 is 11.1 Å². The van der Waals surface area contributed by atoms with Gasteiger partial charge in [0.1, 0.15) is 12.4 Å². The molecule has 0 atom stereocenters. The normalized spacial score (nSPS) is 7.23. The van der Waals surface area contributed by atoms with Gasteiger partial charge in [0.15, 0.2) is 6.54 Å². The van der Waals surface area contributed by atoms with Gasteiger partial charge in [0.05, 0.1) is 7.05 Å². The minimum absolute atomic E-state index is 0.789. The van der Waals surface area contributed by atoms with Crippen molar-refractivity contribution in [2.75, 3.05) is 0 Å². The highest BCUT2D eigenvalue weighted by molar-refractivity contribution is 4.95. The molecule has 68 valence electrons. The summed E-state index contributed by atoms with van der Waals surface area (Å²) in [4.78, 5) is 1.50. The quantitative estimate of drug-likeness (QED) is 0.203. The van der Waals surface area contributed by atoms with E-state index in [0.29, 0.717) is 0 Å². The summed E-state index contributed by atoms with van der Waals surface area (Å²) in [5, 5.41) is 0. The maximum absolute atomic E-state index is 6.75. The van der Waals surface area contributed by atoms with Crippen molar-refractivity contribution in [2.24, 2.45) is 7.05 Å². The first-order valence-corrected chi connectivity index (χ1v) is 3.63. The minimum atomic E-state index is 0.789. The van der Waals surface area contributed by atoms with Crippen LogP contribution in [-0.2, 0) is 13.6 Å². The van der Waals surface area contributed by atoms with Crippen molar-refractivity contribution in [1.82, 2.24) is 4.57 Å². The molecule has 0 radical (unpaired) electrons. The maximum Gasteiger partial charge on any atom is 0.244 e. The van der Waals surface area contributed by atoms with E-state index in [4.69, 9.17) is 11.1 Å². The summed E-state index contributed by atoms with van der Waals surface area (Å²) in [5.74, 6) is 5.82. The zero-order chi connectivity index (χ0) is 10.1. The fraction of sp³-hybridized carbons (Fsp3) is 0.375. The molecule has 0 spiro atoms. The van der Waals surface area contributed by atoms with E-state index in [1.165, 1.54) is 4.91 Å². The Morgan fingerprint density at radius 3 is 2.54 bits per heavy atom. The molecule has 5 heteroatoms. The van der Waals surface area contributed by atoms with Gasteiger partial charge in [-0.2, -0.15) is 0 Å². The third kappa shape index (κ3) is 5.36. The molecule has 1 aromatic heterocycles. The van der Waals surface area contributed by atoms with Crippen LogP contribution in [0.5, 0.6) is 0 Å². The zero-order valence-corrected chi connectivity index (χ0v) is 7.68. The first kappa shape index (κ1) is 11.1. The molecule has 0 aromatic carbocycles. The summed E-state index contributed by atoms with van der Waals surface area (Å²) in [7, 11) is 2.00. The molecule has 0 aliphatic carbocycles. The Bertz CT molecular complexity index is 335. The number of aryl methyl sites for hydroxylation is 1. The second-order valence-corrected chi connectivity index (χ2v) is 2.27. The lowest BCUT2D eigenvalue weighted by Gasteiger charge is -1.81. The Morgan fingerprint density at radius 2 is 2.15 bits per heavy atom. The Labute approximate surface area is 77.0 Å². The van der Waals surface area contributed by atoms with Crippen LogP contribution >= 0.6 is 0 Å². The molecular formula is C8H11N5. The average molecular weight is 177 g/mol. The van der Waals surface area contributed by atoms with Gasteiger partial charge in [-0.05, 0) is 6.92 Å². The van der Waals surface area contributed by atoms with Crippen LogP contribution in [0.25, 0.3) is 16.0 Å². The largest absolute Gasteiger partial charge is 0.373 e. The van der Waals surface area contributed by atoms with Crippen LogP contribution in [0.15, 0.2) is 18.7 Å². The lowest BCUT2D eigenvalue weighted by Crippen LogP contribution is -2.23. The highest BCUT2D eigenvalue weighted by Gasteiger charge is 1.94. The van der Waals surface area contributed by atoms with E-state index in [-0.39, 0.29) is 0 Å².